The molecule has 0 aliphatic rings. The minimum absolute atomic E-state index is 0.0359. The summed E-state index contributed by atoms with van der Waals surface area (Å²) in [6, 6.07) is 5.84. The molecule has 0 heterocycles. The van der Waals surface area contributed by atoms with Crippen molar-refractivity contribution in [3.63, 3.8) is 0 Å². The summed E-state index contributed by atoms with van der Waals surface area (Å²) in [5, 5.41) is 0. The molecule has 1 rings (SSSR count). The first-order valence-electron chi connectivity index (χ1n) is 6.37. The molecule has 0 fully saturated rings. The fourth-order valence-electron chi connectivity index (χ4n) is 2.09. The molecule has 1 aromatic rings. The molecule has 2 nitrogen and oxygen atoms in total. The van der Waals surface area contributed by atoms with Gasteiger partial charge in [0.05, 0.1) is 5.56 Å². The maximum atomic E-state index is 12.6. The van der Waals surface area contributed by atoms with Gasteiger partial charge in [0.1, 0.15) is 0 Å². The van der Waals surface area contributed by atoms with Crippen molar-refractivity contribution in [2.45, 2.75) is 32.7 Å². The third-order valence-electron chi connectivity index (χ3n) is 3.13. The summed E-state index contributed by atoms with van der Waals surface area (Å²) in [6.07, 6.45) is 1.88. The van der Waals surface area contributed by atoms with Gasteiger partial charge in [-0.3, -0.25) is 4.79 Å². The van der Waals surface area contributed by atoms with Crippen molar-refractivity contribution in [2.75, 3.05) is 12.4 Å². The molecular weight excluding hydrogens is 393 g/mol. The highest BCUT2D eigenvalue weighted by Gasteiger charge is 2.23. The van der Waals surface area contributed by atoms with Gasteiger partial charge in [0.15, 0.2) is 0 Å². The molecule has 0 unspecified atom stereocenters. The van der Waals surface area contributed by atoms with Gasteiger partial charge in [-0.15, -0.1) is 11.6 Å². The highest BCUT2D eigenvalue weighted by molar-refractivity contribution is 9.11. The highest BCUT2D eigenvalue weighted by Crippen LogP contribution is 2.24. The summed E-state index contributed by atoms with van der Waals surface area (Å²) in [5.41, 5.74) is 0.681. The van der Waals surface area contributed by atoms with E-state index in [0.29, 0.717) is 18.0 Å². The molecule has 5 heteroatoms. The van der Waals surface area contributed by atoms with Gasteiger partial charge in [-0.05, 0) is 47.0 Å². The van der Waals surface area contributed by atoms with Crippen LogP contribution in [0, 0.1) is 0 Å². The van der Waals surface area contributed by atoms with E-state index in [4.69, 9.17) is 11.6 Å². The van der Waals surface area contributed by atoms with Crippen LogP contribution in [0.3, 0.4) is 0 Å². The summed E-state index contributed by atoms with van der Waals surface area (Å²) in [6.45, 7) is 4.77. The summed E-state index contributed by atoms with van der Waals surface area (Å²) in [5.74, 6) is 0.491. The lowest BCUT2D eigenvalue weighted by molar-refractivity contribution is 0.0680. The van der Waals surface area contributed by atoms with E-state index in [9.17, 15) is 4.79 Å². The molecule has 0 atom stereocenters. The van der Waals surface area contributed by atoms with Crippen molar-refractivity contribution < 1.29 is 4.79 Å². The van der Waals surface area contributed by atoms with Crippen LogP contribution in [0.5, 0.6) is 0 Å². The number of carbonyl (C=O) groups excluding carboxylic acids is 1. The molecular formula is C14H18Br2ClNO. The van der Waals surface area contributed by atoms with Gasteiger partial charge in [-0.1, -0.05) is 29.8 Å². The second kappa shape index (κ2) is 8.28. The quantitative estimate of drug-likeness (QED) is 0.598. The number of nitrogens with zero attached hydrogens (tertiary/aromatic N) is 1. The van der Waals surface area contributed by atoms with Gasteiger partial charge in [0.25, 0.3) is 5.91 Å². The van der Waals surface area contributed by atoms with Crippen LogP contribution < -0.4 is 0 Å². The fourth-order valence-corrected chi connectivity index (χ4v) is 3.49. The first-order chi connectivity index (χ1) is 9.04. The van der Waals surface area contributed by atoms with Gasteiger partial charge >= 0.3 is 0 Å². The van der Waals surface area contributed by atoms with E-state index in [2.05, 4.69) is 45.7 Å². The standard InChI is InChI=1S/C14H18Br2ClNO/c1-3-11(4-2)18(8-7-17)14(19)12-6-5-10(15)9-13(12)16/h5-6,9,11H,3-4,7-8H2,1-2H3. The Kier molecular flexibility index (Phi) is 7.40. The van der Waals surface area contributed by atoms with E-state index in [1.807, 2.05) is 23.1 Å². The van der Waals surface area contributed by atoms with E-state index in [-0.39, 0.29) is 11.9 Å². The topological polar surface area (TPSA) is 20.3 Å². The fraction of sp³-hybridized carbons (Fsp3) is 0.500. The predicted molar refractivity (Wildman–Crippen MR) is 88.0 cm³/mol. The third-order valence-corrected chi connectivity index (χ3v) is 4.45. The summed E-state index contributed by atoms with van der Waals surface area (Å²) in [4.78, 5) is 14.5. The van der Waals surface area contributed by atoms with E-state index < -0.39 is 0 Å². The third kappa shape index (κ3) is 4.47. The highest BCUT2D eigenvalue weighted by atomic mass is 79.9. The average molecular weight is 412 g/mol. The summed E-state index contributed by atoms with van der Waals surface area (Å²) in [7, 11) is 0. The van der Waals surface area contributed by atoms with Gasteiger partial charge < -0.3 is 4.90 Å². The molecule has 1 amide bonds. The van der Waals surface area contributed by atoms with Crippen LogP contribution in [0.2, 0.25) is 0 Å². The molecule has 0 aliphatic heterocycles. The van der Waals surface area contributed by atoms with Gasteiger partial charge in [-0.2, -0.15) is 0 Å². The lowest BCUT2D eigenvalue weighted by Gasteiger charge is -2.30. The Hall–Kier alpha value is -0.0600. The molecule has 106 valence electrons. The van der Waals surface area contributed by atoms with Crippen molar-refractivity contribution in [1.29, 1.82) is 0 Å². The Morgan fingerprint density at radius 3 is 2.42 bits per heavy atom. The Morgan fingerprint density at radius 2 is 1.95 bits per heavy atom. The van der Waals surface area contributed by atoms with E-state index in [1.54, 1.807) is 0 Å². The Morgan fingerprint density at radius 1 is 1.32 bits per heavy atom. The van der Waals surface area contributed by atoms with Crippen LogP contribution in [0.25, 0.3) is 0 Å². The zero-order chi connectivity index (χ0) is 14.4. The number of amides is 1. The second-order valence-electron chi connectivity index (χ2n) is 4.28. The van der Waals surface area contributed by atoms with Gasteiger partial charge in [0, 0.05) is 27.4 Å². The second-order valence-corrected chi connectivity index (χ2v) is 6.43. The van der Waals surface area contributed by atoms with Crippen molar-refractivity contribution in [2.24, 2.45) is 0 Å². The van der Waals surface area contributed by atoms with Crippen LogP contribution >= 0.6 is 43.5 Å². The van der Waals surface area contributed by atoms with E-state index >= 15 is 0 Å². The van der Waals surface area contributed by atoms with Crippen molar-refractivity contribution in [3.8, 4) is 0 Å². The summed E-state index contributed by atoms with van der Waals surface area (Å²) >= 11 is 12.7. The molecule has 0 aliphatic carbocycles. The molecule has 0 aromatic heterocycles. The molecule has 0 bridgehead atoms. The Labute approximate surface area is 136 Å². The van der Waals surface area contributed by atoms with Crippen molar-refractivity contribution in [1.82, 2.24) is 4.90 Å². The van der Waals surface area contributed by atoms with Gasteiger partial charge in [0.2, 0.25) is 0 Å². The number of carbonyl (C=O) groups is 1. The maximum absolute atomic E-state index is 12.6. The lowest BCUT2D eigenvalue weighted by Crippen LogP contribution is -2.41. The number of hydrogen-bond acceptors (Lipinski definition) is 1. The zero-order valence-electron chi connectivity index (χ0n) is 11.1. The summed E-state index contributed by atoms with van der Waals surface area (Å²) < 4.78 is 1.75. The number of hydrogen-bond donors (Lipinski definition) is 0. The molecule has 0 saturated carbocycles. The normalized spacial score (nSPS) is 10.8. The zero-order valence-corrected chi connectivity index (χ0v) is 15.1. The molecule has 0 N–H and O–H groups in total. The molecule has 0 spiro atoms. The van der Waals surface area contributed by atoms with Crippen molar-refractivity contribution in [3.05, 3.63) is 32.7 Å². The van der Waals surface area contributed by atoms with Crippen LogP contribution in [-0.2, 0) is 0 Å². The number of alkyl halides is 1. The predicted octanol–water partition coefficient (Wildman–Crippen LogP) is 5.08. The number of benzene rings is 1. The Balaban J connectivity index is 3.04. The van der Waals surface area contributed by atoms with Gasteiger partial charge in [-0.25, -0.2) is 0 Å². The molecule has 0 radical (unpaired) electrons. The Bertz CT molecular complexity index is 435. The molecule has 1 aromatic carbocycles. The minimum Gasteiger partial charge on any atom is -0.334 e. The van der Waals surface area contributed by atoms with Crippen LogP contribution in [0.15, 0.2) is 27.1 Å². The smallest absolute Gasteiger partial charge is 0.255 e. The first-order valence-corrected chi connectivity index (χ1v) is 8.49. The number of halogens is 3. The molecule has 0 saturated heterocycles. The largest absolute Gasteiger partial charge is 0.334 e. The maximum Gasteiger partial charge on any atom is 0.255 e. The van der Waals surface area contributed by atoms with Crippen LogP contribution in [0.4, 0.5) is 0 Å². The monoisotopic (exact) mass is 409 g/mol. The lowest BCUT2D eigenvalue weighted by atomic mass is 10.1. The van der Waals surface area contributed by atoms with Crippen molar-refractivity contribution >= 4 is 49.4 Å². The SMILES string of the molecule is CCC(CC)N(CCCl)C(=O)c1ccc(Br)cc1Br. The van der Waals surface area contributed by atoms with Crippen LogP contribution in [-0.4, -0.2) is 29.3 Å². The van der Waals surface area contributed by atoms with E-state index in [1.165, 1.54) is 0 Å². The van der Waals surface area contributed by atoms with Crippen LogP contribution in [0.1, 0.15) is 37.0 Å². The average Bonchev–Trinajstić information content (AvgIpc) is 2.38. The van der Waals surface area contributed by atoms with E-state index in [0.717, 1.165) is 21.8 Å². The minimum atomic E-state index is 0.0359. The first kappa shape index (κ1) is 17.0. The molecule has 19 heavy (non-hydrogen) atoms. The number of rotatable bonds is 6.